The SMILES string of the molecule is Cc1cnc(C2CCOCC2)n1CCNC(=O)c1cccn1C. The first kappa shape index (κ1) is 15.8. The summed E-state index contributed by atoms with van der Waals surface area (Å²) < 4.78 is 9.48. The minimum atomic E-state index is -0.0390. The molecular formula is C17H24N4O2. The Bertz CT molecular complexity index is 668. The van der Waals surface area contributed by atoms with Crippen LogP contribution in [0.5, 0.6) is 0 Å². The zero-order chi connectivity index (χ0) is 16.2. The van der Waals surface area contributed by atoms with Crippen molar-refractivity contribution in [1.29, 1.82) is 0 Å². The zero-order valence-corrected chi connectivity index (χ0v) is 13.8. The largest absolute Gasteiger partial charge is 0.381 e. The Morgan fingerprint density at radius 1 is 1.43 bits per heavy atom. The van der Waals surface area contributed by atoms with Crippen molar-refractivity contribution < 1.29 is 9.53 Å². The molecule has 1 N–H and O–H groups in total. The topological polar surface area (TPSA) is 61.1 Å². The summed E-state index contributed by atoms with van der Waals surface area (Å²) in [5, 5.41) is 2.99. The molecule has 0 saturated carbocycles. The molecule has 0 aromatic carbocycles. The highest BCUT2D eigenvalue weighted by Gasteiger charge is 2.21. The van der Waals surface area contributed by atoms with Gasteiger partial charge in [0.15, 0.2) is 0 Å². The van der Waals surface area contributed by atoms with Gasteiger partial charge in [0.1, 0.15) is 11.5 Å². The van der Waals surface area contributed by atoms with Crippen molar-refractivity contribution in [2.45, 2.75) is 32.2 Å². The lowest BCUT2D eigenvalue weighted by atomic mass is 9.99. The summed E-state index contributed by atoms with van der Waals surface area (Å²) in [7, 11) is 1.87. The summed E-state index contributed by atoms with van der Waals surface area (Å²) in [5.74, 6) is 1.54. The van der Waals surface area contributed by atoms with E-state index in [1.165, 1.54) is 0 Å². The monoisotopic (exact) mass is 316 g/mol. The maximum atomic E-state index is 12.2. The fraction of sp³-hybridized carbons (Fsp3) is 0.529. The number of nitrogens with zero attached hydrogens (tertiary/aromatic N) is 3. The van der Waals surface area contributed by atoms with Gasteiger partial charge in [0.2, 0.25) is 0 Å². The van der Waals surface area contributed by atoms with Crippen LogP contribution in [-0.4, -0.2) is 39.8 Å². The van der Waals surface area contributed by atoms with E-state index in [9.17, 15) is 4.79 Å². The third-order valence-electron chi connectivity index (χ3n) is 4.47. The van der Waals surface area contributed by atoms with Gasteiger partial charge in [-0.1, -0.05) is 0 Å². The number of hydrogen-bond donors (Lipinski definition) is 1. The summed E-state index contributed by atoms with van der Waals surface area (Å²) in [4.78, 5) is 16.7. The number of ether oxygens (including phenoxy) is 1. The quantitative estimate of drug-likeness (QED) is 0.916. The van der Waals surface area contributed by atoms with Gasteiger partial charge in [-0.2, -0.15) is 0 Å². The molecule has 3 heterocycles. The summed E-state index contributed by atoms with van der Waals surface area (Å²) >= 11 is 0. The lowest BCUT2D eigenvalue weighted by Gasteiger charge is -2.23. The Morgan fingerprint density at radius 2 is 2.22 bits per heavy atom. The number of aromatic nitrogens is 3. The molecule has 6 nitrogen and oxygen atoms in total. The van der Waals surface area contributed by atoms with Gasteiger partial charge in [-0.05, 0) is 31.9 Å². The van der Waals surface area contributed by atoms with Crippen molar-refractivity contribution in [3.05, 3.63) is 41.7 Å². The number of carbonyl (C=O) groups is 1. The van der Waals surface area contributed by atoms with E-state index in [1.54, 1.807) is 0 Å². The molecule has 0 bridgehead atoms. The van der Waals surface area contributed by atoms with E-state index in [1.807, 2.05) is 36.1 Å². The molecule has 0 radical (unpaired) electrons. The Kier molecular flexibility index (Phi) is 4.81. The van der Waals surface area contributed by atoms with E-state index >= 15 is 0 Å². The van der Waals surface area contributed by atoms with Gasteiger partial charge >= 0.3 is 0 Å². The molecule has 124 valence electrons. The molecule has 0 atom stereocenters. The van der Waals surface area contributed by atoms with Crippen molar-refractivity contribution in [2.24, 2.45) is 7.05 Å². The van der Waals surface area contributed by atoms with Gasteiger partial charge in [-0.15, -0.1) is 0 Å². The summed E-state index contributed by atoms with van der Waals surface area (Å²) in [6.07, 6.45) is 5.83. The first-order valence-electron chi connectivity index (χ1n) is 8.16. The van der Waals surface area contributed by atoms with Crippen LogP contribution < -0.4 is 5.32 Å². The van der Waals surface area contributed by atoms with E-state index in [0.29, 0.717) is 18.2 Å². The molecule has 3 rings (SSSR count). The zero-order valence-electron chi connectivity index (χ0n) is 13.8. The molecule has 1 aliphatic heterocycles. The number of nitrogens with one attached hydrogen (secondary N) is 1. The maximum Gasteiger partial charge on any atom is 0.267 e. The van der Waals surface area contributed by atoms with Crippen LogP contribution in [0, 0.1) is 6.92 Å². The number of aryl methyl sites for hydroxylation is 2. The summed E-state index contributed by atoms with van der Waals surface area (Å²) in [6.45, 7) is 5.02. The highest BCUT2D eigenvalue weighted by molar-refractivity contribution is 5.92. The van der Waals surface area contributed by atoms with Crippen LogP contribution in [0.25, 0.3) is 0 Å². The van der Waals surface area contributed by atoms with Crippen LogP contribution >= 0.6 is 0 Å². The summed E-state index contributed by atoms with van der Waals surface area (Å²) in [5.41, 5.74) is 1.82. The van der Waals surface area contributed by atoms with Crippen molar-refractivity contribution >= 4 is 5.91 Å². The van der Waals surface area contributed by atoms with Crippen LogP contribution in [0.4, 0.5) is 0 Å². The van der Waals surface area contributed by atoms with Crippen LogP contribution in [-0.2, 0) is 18.3 Å². The molecule has 23 heavy (non-hydrogen) atoms. The number of carbonyl (C=O) groups excluding carboxylic acids is 1. The normalized spacial score (nSPS) is 15.7. The second-order valence-corrected chi connectivity index (χ2v) is 6.06. The molecule has 1 amide bonds. The number of imidazole rings is 1. The Labute approximate surface area is 136 Å². The van der Waals surface area contributed by atoms with Gasteiger partial charge < -0.3 is 19.2 Å². The third kappa shape index (κ3) is 3.47. The maximum absolute atomic E-state index is 12.2. The van der Waals surface area contributed by atoms with E-state index in [2.05, 4.69) is 21.8 Å². The molecule has 0 spiro atoms. The molecule has 2 aromatic rings. The van der Waals surface area contributed by atoms with E-state index in [4.69, 9.17) is 4.74 Å². The highest BCUT2D eigenvalue weighted by atomic mass is 16.5. The van der Waals surface area contributed by atoms with Gasteiger partial charge in [-0.3, -0.25) is 4.79 Å². The van der Waals surface area contributed by atoms with Crippen molar-refractivity contribution in [3.63, 3.8) is 0 Å². The molecular weight excluding hydrogens is 292 g/mol. The number of amides is 1. The highest BCUT2D eigenvalue weighted by Crippen LogP contribution is 2.26. The molecule has 0 aliphatic carbocycles. The minimum Gasteiger partial charge on any atom is -0.381 e. The Hall–Kier alpha value is -2.08. The molecule has 0 unspecified atom stereocenters. The summed E-state index contributed by atoms with van der Waals surface area (Å²) in [6, 6.07) is 3.70. The van der Waals surface area contributed by atoms with Crippen molar-refractivity contribution in [3.8, 4) is 0 Å². The van der Waals surface area contributed by atoms with Gasteiger partial charge in [0.05, 0.1) is 0 Å². The second kappa shape index (κ2) is 7.00. The van der Waals surface area contributed by atoms with E-state index in [-0.39, 0.29) is 5.91 Å². The molecule has 1 fully saturated rings. The van der Waals surface area contributed by atoms with E-state index in [0.717, 1.165) is 44.1 Å². The van der Waals surface area contributed by atoms with Gasteiger partial charge in [0, 0.05) is 57.4 Å². The molecule has 2 aromatic heterocycles. The van der Waals surface area contributed by atoms with Gasteiger partial charge in [0.25, 0.3) is 5.91 Å². The van der Waals surface area contributed by atoms with Crippen molar-refractivity contribution in [1.82, 2.24) is 19.4 Å². The third-order valence-corrected chi connectivity index (χ3v) is 4.47. The van der Waals surface area contributed by atoms with Gasteiger partial charge in [-0.25, -0.2) is 4.98 Å². The second-order valence-electron chi connectivity index (χ2n) is 6.06. The standard InChI is InChI=1S/C17H24N4O2/c1-13-12-19-16(14-5-10-23-11-6-14)21(13)9-7-18-17(22)15-4-3-8-20(15)2/h3-4,8,12,14H,5-7,9-11H2,1-2H3,(H,18,22). The van der Waals surface area contributed by atoms with E-state index < -0.39 is 0 Å². The predicted octanol–water partition coefficient (Wildman–Crippen LogP) is 1.85. The van der Waals surface area contributed by atoms with Crippen molar-refractivity contribution in [2.75, 3.05) is 19.8 Å². The number of rotatable bonds is 5. The molecule has 6 heteroatoms. The lowest BCUT2D eigenvalue weighted by Crippen LogP contribution is -2.29. The molecule has 1 aliphatic rings. The fourth-order valence-corrected chi connectivity index (χ4v) is 3.12. The first-order chi connectivity index (χ1) is 11.2. The smallest absolute Gasteiger partial charge is 0.267 e. The number of hydrogen-bond acceptors (Lipinski definition) is 3. The fourth-order valence-electron chi connectivity index (χ4n) is 3.12. The van der Waals surface area contributed by atoms with Crippen LogP contribution in [0.15, 0.2) is 24.5 Å². The van der Waals surface area contributed by atoms with Crippen LogP contribution in [0.3, 0.4) is 0 Å². The average molecular weight is 316 g/mol. The molecule has 1 saturated heterocycles. The lowest BCUT2D eigenvalue weighted by molar-refractivity contribution is 0.0827. The Balaban J connectivity index is 1.61. The average Bonchev–Trinajstić information content (AvgIpc) is 3.15. The predicted molar refractivity (Wildman–Crippen MR) is 87.5 cm³/mol. The van der Waals surface area contributed by atoms with Crippen LogP contribution in [0.1, 0.15) is 40.8 Å². The minimum absolute atomic E-state index is 0.0390. The first-order valence-corrected chi connectivity index (χ1v) is 8.16. The van der Waals surface area contributed by atoms with Crippen LogP contribution in [0.2, 0.25) is 0 Å². The Morgan fingerprint density at radius 3 is 2.91 bits per heavy atom.